The highest BCUT2D eigenvalue weighted by molar-refractivity contribution is 7.89. The Morgan fingerprint density at radius 2 is 2.11 bits per heavy atom. The largest absolute Gasteiger partial charge is 0.285 e. The quantitative estimate of drug-likeness (QED) is 0.927. The van der Waals surface area contributed by atoms with Crippen LogP contribution in [0, 0.1) is 11.6 Å². The molecule has 0 aliphatic carbocycles. The van der Waals surface area contributed by atoms with E-state index >= 15 is 0 Å². The van der Waals surface area contributed by atoms with E-state index in [-0.39, 0.29) is 6.54 Å². The first-order valence-electron chi connectivity index (χ1n) is 5.30. The Kier molecular flexibility index (Phi) is 3.63. The van der Waals surface area contributed by atoms with Crippen molar-refractivity contribution in [1.29, 1.82) is 0 Å². The first-order chi connectivity index (χ1) is 8.91. The maximum atomic E-state index is 13.5. The molecule has 0 atom stereocenters. The second-order valence-corrected chi connectivity index (χ2v) is 5.96. The smallest absolute Gasteiger partial charge is 0.246 e. The van der Waals surface area contributed by atoms with Gasteiger partial charge in [-0.25, -0.2) is 17.2 Å². The van der Waals surface area contributed by atoms with Gasteiger partial charge >= 0.3 is 0 Å². The van der Waals surface area contributed by atoms with Crippen LogP contribution in [0.4, 0.5) is 8.78 Å². The number of H-pyrrole nitrogens is 1. The molecule has 0 aliphatic rings. The molecule has 5 nitrogen and oxygen atoms in total. The Morgan fingerprint density at radius 3 is 2.68 bits per heavy atom. The van der Waals surface area contributed by atoms with Crippen molar-refractivity contribution >= 4 is 10.0 Å². The highest BCUT2D eigenvalue weighted by atomic mass is 32.2. The fourth-order valence-corrected chi connectivity index (χ4v) is 2.76. The molecule has 0 unspecified atom stereocenters. The first-order valence-corrected chi connectivity index (χ1v) is 6.74. The van der Waals surface area contributed by atoms with Gasteiger partial charge in [-0.2, -0.15) is 9.40 Å². The van der Waals surface area contributed by atoms with Gasteiger partial charge in [0.1, 0.15) is 16.5 Å². The topological polar surface area (TPSA) is 66.1 Å². The maximum Gasteiger partial charge on any atom is 0.246 e. The number of halogens is 2. The Hall–Kier alpha value is -1.80. The van der Waals surface area contributed by atoms with E-state index in [0.29, 0.717) is 11.6 Å². The lowest BCUT2D eigenvalue weighted by atomic mass is 10.3. The molecule has 0 saturated heterocycles. The number of aromatic amines is 1. The molecule has 0 saturated carbocycles. The van der Waals surface area contributed by atoms with Gasteiger partial charge in [0.15, 0.2) is 0 Å². The first kappa shape index (κ1) is 13.6. The molecule has 2 aromatic rings. The number of nitrogens with one attached hydrogen (secondary N) is 1. The lowest BCUT2D eigenvalue weighted by molar-refractivity contribution is 0.458. The maximum absolute atomic E-state index is 13.5. The van der Waals surface area contributed by atoms with E-state index in [1.807, 2.05) is 0 Å². The van der Waals surface area contributed by atoms with Gasteiger partial charge in [0.25, 0.3) is 0 Å². The van der Waals surface area contributed by atoms with Crippen LogP contribution in [0.3, 0.4) is 0 Å². The van der Waals surface area contributed by atoms with E-state index in [9.17, 15) is 17.2 Å². The predicted molar refractivity (Wildman–Crippen MR) is 63.6 cm³/mol. The van der Waals surface area contributed by atoms with Gasteiger partial charge in [0, 0.05) is 31.4 Å². The fourth-order valence-electron chi connectivity index (χ4n) is 1.56. The Labute approximate surface area is 108 Å². The molecule has 0 radical (unpaired) electrons. The number of nitrogens with zero attached hydrogens (tertiary/aromatic N) is 2. The summed E-state index contributed by atoms with van der Waals surface area (Å²) in [6, 6.07) is 2.35. The van der Waals surface area contributed by atoms with Crippen molar-refractivity contribution in [3.63, 3.8) is 0 Å². The molecule has 0 aliphatic heterocycles. The van der Waals surface area contributed by atoms with Gasteiger partial charge in [-0.15, -0.1) is 0 Å². The summed E-state index contributed by atoms with van der Waals surface area (Å²) in [5, 5.41) is 6.24. The normalized spacial score (nSPS) is 12.0. The van der Waals surface area contributed by atoms with Crippen LogP contribution in [0.1, 0.15) is 5.56 Å². The predicted octanol–water partition coefficient (Wildman–Crippen LogP) is 1.51. The van der Waals surface area contributed by atoms with E-state index < -0.39 is 26.6 Å². The van der Waals surface area contributed by atoms with Crippen LogP contribution >= 0.6 is 0 Å². The summed E-state index contributed by atoms with van der Waals surface area (Å²) in [4.78, 5) is -0.556. The Morgan fingerprint density at radius 1 is 1.37 bits per heavy atom. The van der Waals surface area contributed by atoms with Crippen LogP contribution in [0.2, 0.25) is 0 Å². The number of sulfonamides is 1. The van der Waals surface area contributed by atoms with Crippen molar-refractivity contribution in [3.05, 3.63) is 47.8 Å². The zero-order chi connectivity index (χ0) is 14.0. The van der Waals surface area contributed by atoms with Crippen LogP contribution in [-0.4, -0.2) is 30.0 Å². The highest BCUT2D eigenvalue weighted by Gasteiger charge is 2.25. The minimum Gasteiger partial charge on any atom is -0.285 e. The number of benzene rings is 1. The van der Waals surface area contributed by atoms with Crippen molar-refractivity contribution in [2.24, 2.45) is 0 Å². The van der Waals surface area contributed by atoms with E-state index in [1.165, 1.54) is 19.4 Å². The summed E-state index contributed by atoms with van der Waals surface area (Å²) in [5.41, 5.74) is 0.633. The van der Waals surface area contributed by atoms with Crippen molar-refractivity contribution in [2.45, 2.75) is 11.4 Å². The molecule has 0 bridgehead atoms. The molecule has 0 spiro atoms. The summed E-state index contributed by atoms with van der Waals surface area (Å²) >= 11 is 0. The zero-order valence-electron chi connectivity index (χ0n) is 9.97. The standard InChI is InChI=1S/C11H11F2N3O2S/c1-16(7-8-5-14-15-6-8)19(17,18)11-3-2-9(12)4-10(11)13/h2-6H,7H2,1H3,(H,14,15). The van der Waals surface area contributed by atoms with Gasteiger partial charge in [0.2, 0.25) is 10.0 Å². The van der Waals surface area contributed by atoms with Crippen LogP contribution in [0.5, 0.6) is 0 Å². The van der Waals surface area contributed by atoms with Gasteiger partial charge in [0.05, 0.1) is 6.20 Å². The summed E-state index contributed by atoms with van der Waals surface area (Å²) in [6.45, 7) is 0.0374. The Balaban J connectivity index is 2.31. The van der Waals surface area contributed by atoms with Crippen molar-refractivity contribution in [1.82, 2.24) is 14.5 Å². The van der Waals surface area contributed by atoms with Crippen LogP contribution in [-0.2, 0) is 16.6 Å². The number of aromatic nitrogens is 2. The molecule has 0 amide bonds. The Bertz CT molecular complexity index is 671. The zero-order valence-corrected chi connectivity index (χ0v) is 10.8. The van der Waals surface area contributed by atoms with Gasteiger partial charge < -0.3 is 0 Å². The molecule has 1 aromatic carbocycles. The van der Waals surface area contributed by atoms with Crippen molar-refractivity contribution in [3.8, 4) is 0 Å². The number of rotatable bonds is 4. The fraction of sp³-hybridized carbons (Fsp3) is 0.182. The van der Waals surface area contributed by atoms with Crippen molar-refractivity contribution in [2.75, 3.05) is 7.05 Å². The third kappa shape index (κ3) is 2.79. The van der Waals surface area contributed by atoms with Crippen LogP contribution in [0.25, 0.3) is 0 Å². The molecule has 102 valence electrons. The summed E-state index contributed by atoms with van der Waals surface area (Å²) < 4.78 is 51.5. The number of hydrogen-bond donors (Lipinski definition) is 1. The van der Waals surface area contributed by atoms with Gasteiger partial charge in [-0.05, 0) is 12.1 Å². The molecule has 0 fully saturated rings. The second-order valence-electron chi connectivity index (χ2n) is 3.94. The van der Waals surface area contributed by atoms with E-state index in [1.54, 1.807) is 0 Å². The van der Waals surface area contributed by atoms with E-state index in [2.05, 4.69) is 10.2 Å². The van der Waals surface area contributed by atoms with E-state index in [4.69, 9.17) is 0 Å². The molecular formula is C11H11F2N3O2S. The number of hydrogen-bond acceptors (Lipinski definition) is 3. The molecule has 2 rings (SSSR count). The second kappa shape index (κ2) is 5.06. The molecule has 1 N–H and O–H groups in total. The van der Waals surface area contributed by atoms with Gasteiger partial charge in [-0.1, -0.05) is 0 Å². The lowest BCUT2D eigenvalue weighted by Gasteiger charge is -2.16. The third-order valence-electron chi connectivity index (χ3n) is 2.54. The summed E-state index contributed by atoms with van der Waals surface area (Å²) in [5.74, 6) is -1.94. The van der Waals surface area contributed by atoms with Crippen LogP contribution < -0.4 is 0 Å². The van der Waals surface area contributed by atoms with E-state index in [0.717, 1.165) is 16.4 Å². The third-order valence-corrected chi connectivity index (χ3v) is 4.38. The minimum absolute atomic E-state index is 0.0374. The summed E-state index contributed by atoms with van der Waals surface area (Å²) in [6.07, 6.45) is 3.00. The molecule has 1 heterocycles. The average Bonchev–Trinajstić information content (AvgIpc) is 2.81. The van der Waals surface area contributed by atoms with Gasteiger partial charge in [-0.3, -0.25) is 5.10 Å². The van der Waals surface area contributed by atoms with Crippen LogP contribution in [0.15, 0.2) is 35.5 Å². The molecule has 1 aromatic heterocycles. The molecule has 8 heteroatoms. The monoisotopic (exact) mass is 287 g/mol. The SMILES string of the molecule is CN(Cc1cn[nH]c1)S(=O)(=O)c1ccc(F)cc1F. The summed E-state index contributed by atoms with van der Waals surface area (Å²) in [7, 11) is -2.70. The average molecular weight is 287 g/mol. The molecular weight excluding hydrogens is 276 g/mol. The highest BCUT2D eigenvalue weighted by Crippen LogP contribution is 2.20. The molecule has 19 heavy (non-hydrogen) atoms. The lowest BCUT2D eigenvalue weighted by Crippen LogP contribution is -2.27. The minimum atomic E-state index is -4.01. The van der Waals surface area contributed by atoms with Crippen molar-refractivity contribution < 1.29 is 17.2 Å².